The van der Waals surface area contributed by atoms with Gasteiger partial charge in [-0.05, 0) is 37.1 Å². The van der Waals surface area contributed by atoms with Crippen molar-refractivity contribution in [3.05, 3.63) is 58.9 Å². The molecule has 94 valence electrons. The van der Waals surface area contributed by atoms with Gasteiger partial charge in [0.15, 0.2) is 0 Å². The highest BCUT2D eigenvalue weighted by Crippen LogP contribution is 2.28. The zero-order valence-corrected chi connectivity index (χ0v) is 11.0. The second kappa shape index (κ2) is 5.19. The Bertz CT molecular complexity index is 552. The number of pyridine rings is 1. The molecular formula is C15H18N2O. The fourth-order valence-electron chi connectivity index (χ4n) is 2.05. The monoisotopic (exact) mass is 242 g/mol. The molecule has 0 aliphatic rings. The maximum atomic E-state index is 6.32. The van der Waals surface area contributed by atoms with Crippen LogP contribution in [0.25, 0.3) is 0 Å². The predicted molar refractivity (Wildman–Crippen MR) is 72.7 cm³/mol. The Balaban J connectivity index is 2.47. The molecule has 0 saturated carbocycles. The van der Waals surface area contributed by atoms with E-state index in [0.29, 0.717) is 0 Å². The van der Waals surface area contributed by atoms with Crippen molar-refractivity contribution in [1.29, 1.82) is 0 Å². The second-order valence-electron chi connectivity index (χ2n) is 4.43. The molecule has 1 unspecified atom stereocenters. The molecule has 0 spiro atoms. The van der Waals surface area contributed by atoms with Crippen LogP contribution in [0.5, 0.6) is 5.75 Å². The molecule has 1 heterocycles. The lowest BCUT2D eigenvalue weighted by atomic mass is 9.96. The summed E-state index contributed by atoms with van der Waals surface area (Å²) < 4.78 is 5.32. The van der Waals surface area contributed by atoms with Crippen LogP contribution in [-0.4, -0.2) is 12.1 Å². The molecule has 2 aromatic rings. The molecule has 0 aliphatic heterocycles. The Hall–Kier alpha value is -1.87. The minimum Gasteiger partial charge on any atom is -0.495 e. The number of aromatic nitrogens is 1. The molecule has 1 aromatic carbocycles. The smallest absolute Gasteiger partial charge is 0.142 e. The van der Waals surface area contributed by atoms with Gasteiger partial charge in [0.05, 0.1) is 13.2 Å². The van der Waals surface area contributed by atoms with Gasteiger partial charge in [0.1, 0.15) is 11.4 Å². The van der Waals surface area contributed by atoms with Crippen LogP contribution in [-0.2, 0) is 0 Å². The van der Waals surface area contributed by atoms with Crippen molar-refractivity contribution in [1.82, 2.24) is 4.98 Å². The second-order valence-corrected chi connectivity index (χ2v) is 4.43. The van der Waals surface area contributed by atoms with Gasteiger partial charge in [0, 0.05) is 6.20 Å². The molecule has 2 N–H and O–H groups in total. The van der Waals surface area contributed by atoms with Crippen LogP contribution in [0.15, 0.2) is 36.5 Å². The molecule has 1 aromatic heterocycles. The van der Waals surface area contributed by atoms with E-state index in [-0.39, 0.29) is 6.04 Å². The first-order chi connectivity index (χ1) is 8.63. The van der Waals surface area contributed by atoms with Crippen LogP contribution in [0.3, 0.4) is 0 Å². The molecule has 0 aliphatic carbocycles. The zero-order chi connectivity index (χ0) is 13.1. The number of ether oxygens (including phenoxy) is 1. The molecule has 3 heteroatoms. The summed E-state index contributed by atoms with van der Waals surface area (Å²) in [5.41, 5.74) is 10.5. The average Bonchev–Trinajstić information content (AvgIpc) is 2.40. The van der Waals surface area contributed by atoms with Gasteiger partial charge < -0.3 is 10.5 Å². The number of methoxy groups -OCH3 is 1. The first-order valence-electron chi connectivity index (χ1n) is 5.95. The van der Waals surface area contributed by atoms with Gasteiger partial charge in [-0.15, -0.1) is 0 Å². The highest BCUT2D eigenvalue weighted by Gasteiger charge is 2.17. The molecule has 3 nitrogen and oxygen atoms in total. The van der Waals surface area contributed by atoms with E-state index in [1.165, 1.54) is 11.1 Å². The summed E-state index contributed by atoms with van der Waals surface area (Å²) in [6.45, 7) is 4.12. The van der Waals surface area contributed by atoms with E-state index in [1.807, 2.05) is 12.1 Å². The van der Waals surface area contributed by atoms with Gasteiger partial charge in [0.2, 0.25) is 0 Å². The fraction of sp³-hybridized carbons (Fsp3) is 0.267. The van der Waals surface area contributed by atoms with Crippen molar-refractivity contribution in [3.63, 3.8) is 0 Å². The summed E-state index contributed by atoms with van der Waals surface area (Å²) in [5, 5.41) is 0. The van der Waals surface area contributed by atoms with Gasteiger partial charge in [-0.3, -0.25) is 4.98 Å². The van der Waals surface area contributed by atoms with E-state index < -0.39 is 0 Å². The van der Waals surface area contributed by atoms with E-state index >= 15 is 0 Å². The van der Waals surface area contributed by atoms with Crippen molar-refractivity contribution >= 4 is 0 Å². The SMILES string of the molecule is COc1cccnc1C(N)c1cc(C)ccc1C. The Morgan fingerprint density at radius 1 is 1.22 bits per heavy atom. The topological polar surface area (TPSA) is 48.1 Å². The lowest BCUT2D eigenvalue weighted by Gasteiger charge is -2.17. The minimum absolute atomic E-state index is 0.263. The number of benzene rings is 1. The summed E-state index contributed by atoms with van der Waals surface area (Å²) in [6, 6.07) is 9.74. The molecule has 18 heavy (non-hydrogen) atoms. The first-order valence-corrected chi connectivity index (χ1v) is 5.95. The summed E-state index contributed by atoms with van der Waals surface area (Å²) in [6.07, 6.45) is 1.74. The molecular weight excluding hydrogens is 224 g/mol. The van der Waals surface area contributed by atoms with E-state index in [9.17, 15) is 0 Å². The lowest BCUT2D eigenvalue weighted by Crippen LogP contribution is -2.16. The minimum atomic E-state index is -0.263. The average molecular weight is 242 g/mol. The van der Waals surface area contributed by atoms with Gasteiger partial charge in [-0.1, -0.05) is 23.8 Å². The lowest BCUT2D eigenvalue weighted by molar-refractivity contribution is 0.404. The van der Waals surface area contributed by atoms with Crippen LogP contribution in [0.4, 0.5) is 0 Å². The fourth-order valence-corrected chi connectivity index (χ4v) is 2.05. The number of rotatable bonds is 3. The summed E-state index contributed by atoms with van der Waals surface area (Å²) in [5.74, 6) is 0.728. The van der Waals surface area contributed by atoms with Gasteiger partial charge in [-0.25, -0.2) is 0 Å². The van der Waals surface area contributed by atoms with Gasteiger partial charge >= 0.3 is 0 Å². The number of nitrogens with zero attached hydrogens (tertiary/aromatic N) is 1. The normalized spacial score (nSPS) is 12.2. The Labute approximate surface area is 108 Å². The molecule has 0 radical (unpaired) electrons. The number of nitrogens with two attached hydrogens (primary N) is 1. The van der Waals surface area contributed by atoms with E-state index in [2.05, 4.69) is 37.0 Å². The number of hydrogen-bond donors (Lipinski definition) is 1. The van der Waals surface area contributed by atoms with Crippen molar-refractivity contribution in [3.8, 4) is 5.75 Å². The zero-order valence-electron chi connectivity index (χ0n) is 11.0. The molecule has 0 saturated heterocycles. The molecule has 2 rings (SSSR count). The summed E-state index contributed by atoms with van der Waals surface area (Å²) >= 11 is 0. The predicted octanol–water partition coefficient (Wildman–Crippen LogP) is 2.76. The summed E-state index contributed by atoms with van der Waals surface area (Å²) in [4.78, 5) is 4.35. The maximum Gasteiger partial charge on any atom is 0.142 e. The number of hydrogen-bond acceptors (Lipinski definition) is 3. The maximum absolute atomic E-state index is 6.32. The van der Waals surface area contributed by atoms with Crippen LogP contribution >= 0.6 is 0 Å². The van der Waals surface area contributed by atoms with Crippen LogP contribution in [0.1, 0.15) is 28.4 Å². The van der Waals surface area contributed by atoms with Crippen molar-refractivity contribution in [2.45, 2.75) is 19.9 Å². The van der Waals surface area contributed by atoms with Crippen molar-refractivity contribution in [2.24, 2.45) is 5.73 Å². The van der Waals surface area contributed by atoms with Crippen LogP contribution in [0.2, 0.25) is 0 Å². The number of aryl methyl sites for hydroxylation is 2. The van der Waals surface area contributed by atoms with Gasteiger partial charge in [-0.2, -0.15) is 0 Å². The highest BCUT2D eigenvalue weighted by molar-refractivity contribution is 5.41. The highest BCUT2D eigenvalue weighted by atomic mass is 16.5. The molecule has 0 bridgehead atoms. The molecule has 0 fully saturated rings. The Morgan fingerprint density at radius 3 is 2.72 bits per heavy atom. The van der Waals surface area contributed by atoms with Crippen molar-refractivity contribution < 1.29 is 4.74 Å². The van der Waals surface area contributed by atoms with Crippen molar-refractivity contribution in [2.75, 3.05) is 7.11 Å². The Kier molecular flexibility index (Phi) is 3.63. The van der Waals surface area contributed by atoms with E-state index in [0.717, 1.165) is 17.0 Å². The van der Waals surface area contributed by atoms with E-state index in [1.54, 1.807) is 13.3 Å². The third-order valence-electron chi connectivity index (χ3n) is 3.08. The first kappa shape index (κ1) is 12.6. The quantitative estimate of drug-likeness (QED) is 0.900. The van der Waals surface area contributed by atoms with Crippen LogP contribution < -0.4 is 10.5 Å². The summed E-state index contributed by atoms with van der Waals surface area (Å²) in [7, 11) is 1.64. The Morgan fingerprint density at radius 2 is 2.00 bits per heavy atom. The largest absolute Gasteiger partial charge is 0.495 e. The van der Waals surface area contributed by atoms with Gasteiger partial charge in [0.25, 0.3) is 0 Å². The third-order valence-corrected chi connectivity index (χ3v) is 3.08. The van der Waals surface area contributed by atoms with E-state index in [4.69, 9.17) is 10.5 Å². The van der Waals surface area contributed by atoms with Crippen LogP contribution in [0, 0.1) is 13.8 Å². The standard InChI is InChI=1S/C15H18N2O/c1-10-6-7-11(2)12(9-10)14(16)15-13(18-3)5-4-8-17-15/h4-9,14H,16H2,1-3H3. The molecule has 0 amide bonds. The third kappa shape index (κ3) is 2.36. The molecule has 1 atom stereocenters.